The number of rotatable bonds is 6. The van der Waals surface area contributed by atoms with E-state index in [1.54, 1.807) is 12.1 Å². The summed E-state index contributed by atoms with van der Waals surface area (Å²) in [4.78, 5) is 12.7. The molecular formula is C15H23N3O2. The molecule has 0 saturated carbocycles. The van der Waals surface area contributed by atoms with E-state index in [0.717, 1.165) is 12.1 Å². The van der Waals surface area contributed by atoms with Gasteiger partial charge in [0.15, 0.2) is 0 Å². The molecule has 2 rings (SSSR count). The summed E-state index contributed by atoms with van der Waals surface area (Å²) in [6, 6.07) is 7.37. The van der Waals surface area contributed by atoms with Crippen LogP contribution in [0.1, 0.15) is 31.7 Å². The van der Waals surface area contributed by atoms with E-state index in [2.05, 4.69) is 17.1 Å². The number of nitro groups is 1. The van der Waals surface area contributed by atoms with Crippen molar-refractivity contribution in [2.45, 2.75) is 38.8 Å². The molecule has 0 atom stereocenters. The highest BCUT2D eigenvalue weighted by molar-refractivity contribution is 5.32. The van der Waals surface area contributed by atoms with Gasteiger partial charge in [-0.1, -0.05) is 19.1 Å². The van der Waals surface area contributed by atoms with E-state index < -0.39 is 0 Å². The standard InChI is InChI=1S/C15H23N3O2/c1-2-9-17-10-7-14(8-11-17)16-12-13-3-5-15(6-4-13)18(19)20/h3-6,14,16H,2,7-12H2,1H3. The monoisotopic (exact) mass is 277 g/mol. The topological polar surface area (TPSA) is 58.4 Å². The molecule has 5 heteroatoms. The number of likely N-dealkylation sites (tertiary alicyclic amines) is 1. The van der Waals surface area contributed by atoms with E-state index >= 15 is 0 Å². The van der Waals surface area contributed by atoms with E-state index in [1.807, 2.05) is 12.1 Å². The van der Waals surface area contributed by atoms with Crippen LogP contribution < -0.4 is 5.32 Å². The van der Waals surface area contributed by atoms with Crippen LogP contribution in [0.2, 0.25) is 0 Å². The molecule has 1 aliphatic heterocycles. The molecule has 0 spiro atoms. The predicted molar refractivity (Wildman–Crippen MR) is 79.7 cm³/mol. The van der Waals surface area contributed by atoms with Gasteiger partial charge >= 0.3 is 0 Å². The minimum atomic E-state index is -0.360. The Hall–Kier alpha value is -1.46. The maximum Gasteiger partial charge on any atom is 0.269 e. The second kappa shape index (κ2) is 7.36. The second-order valence-corrected chi connectivity index (χ2v) is 5.42. The lowest BCUT2D eigenvalue weighted by atomic mass is 10.0. The number of nitro benzene ring substituents is 1. The van der Waals surface area contributed by atoms with Crippen molar-refractivity contribution in [3.05, 3.63) is 39.9 Å². The first-order chi connectivity index (χ1) is 9.69. The fourth-order valence-corrected chi connectivity index (χ4v) is 2.67. The second-order valence-electron chi connectivity index (χ2n) is 5.42. The molecule has 1 heterocycles. The van der Waals surface area contributed by atoms with Crippen molar-refractivity contribution in [3.8, 4) is 0 Å². The Morgan fingerprint density at radius 2 is 1.95 bits per heavy atom. The van der Waals surface area contributed by atoms with Crippen LogP contribution in [0.4, 0.5) is 5.69 Å². The zero-order chi connectivity index (χ0) is 14.4. The van der Waals surface area contributed by atoms with Crippen molar-refractivity contribution >= 4 is 5.69 Å². The molecular weight excluding hydrogens is 254 g/mol. The molecule has 1 saturated heterocycles. The maximum atomic E-state index is 10.6. The van der Waals surface area contributed by atoms with Crippen molar-refractivity contribution in [1.29, 1.82) is 0 Å². The Balaban J connectivity index is 1.74. The van der Waals surface area contributed by atoms with Gasteiger partial charge < -0.3 is 10.2 Å². The number of piperidine rings is 1. The first-order valence-electron chi connectivity index (χ1n) is 7.38. The molecule has 0 radical (unpaired) electrons. The largest absolute Gasteiger partial charge is 0.310 e. The van der Waals surface area contributed by atoms with Gasteiger partial charge in [-0.3, -0.25) is 10.1 Å². The first-order valence-corrected chi connectivity index (χ1v) is 7.38. The smallest absolute Gasteiger partial charge is 0.269 e. The van der Waals surface area contributed by atoms with Gasteiger partial charge in [0.05, 0.1) is 4.92 Å². The van der Waals surface area contributed by atoms with E-state index in [-0.39, 0.29) is 10.6 Å². The molecule has 0 aliphatic carbocycles. The van der Waals surface area contributed by atoms with Crippen molar-refractivity contribution in [3.63, 3.8) is 0 Å². The van der Waals surface area contributed by atoms with Gasteiger partial charge in [0.25, 0.3) is 5.69 Å². The molecule has 1 fully saturated rings. The lowest BCUT2D eigenvalue weighted by Crippen LogP contribution is -2.42. The minimum Gasteiger partial charge on any atom is -0.310 e. The lowest BCUT2D eigenvalue weighted by Gasteiger charge is -2.32. The quantitative estimate of drug-likeness (QED) is 0.641. The van der Waals surface area contributed by atoms with Crippen molar-refractivity contribution in [2.75, 3.05) is 19.6 Å². The van der Waals surface area contributed by atoms with Crippen LogP contribution in [0.15, 0.2) is 24.3 Å². The summed E-state index contributed by atoms with van der Waals surface area (Å²) in [7, 11) is 0. The molecule has 1 aliphatic rings. The summed E-state index contributed by atoms with van der Waals surface area (Å²) in [6.45, 7) is 6.56. The molecule has 0 amide bonds. The average Bonchev–Trinajstić information content (AvgIpc) is 2.47. The number of non-ortho nitro benzene ring substituents is 1. The van der Waals surface area contributed by atoms with E-state index in [4.69, 9.17) is 0 Å². The summed E-state index contributed by atoms with van der Waals surface area (Å²) in [5.74, 6) is 0. The van der Waals surface area contributed by atoms with Crippen molar-refractivity contribution < 1.29 is 4.92 Å². The Kier molecular flexibility index (Phi) is 5.49. The number of hydrogen-bond donors (Lipinski definition) is 1. The molecule has 0 bridgehead atoms. The zero-order valence-corrected chi connectivity index (χ0v) is 12.0. The molecule has 1 aromatic carbocycles. The molecule has 1 aromatic rings. The Morgan fingerprint density at radius 1 is 1.30 bits per heavy atom. The van der Waals surface area contributed by atoms with E-state index in [0.29, 0.717) is 6.04 Å². The molecule has 0 unspecified atom stereocenters. The molecule has 20 heavy (non-hydrogen) atoms. The maximum absolute atomic E-state index is 10.6. The molecule has 5 nitrogen and oxygen atoms in total. The zero-order valence-electron chi connectivity index (χ0n) is 12.0. The van der Waals surface area contributed by atoms with Gasteiger partial charge in [0.2, 0.25) is 0 Å². The third kappa shape index (κ3) is 4.28. The molecule has 110 valence electrons. The lowest BCUT2D eigenvalue weighted by molar-refractivity contribution is -0.384. The summed E-state index contributed by atoms with van der Waals surface area (Å²) in [5, 5.41) is 14.1. The van der Waals surface area contributed by atoms with Gasteiger partial charge in [-0.05, 0) is 44.5 Å². The SMILES string of the molecule is CCCN1CCC(NCc2ccc([N+](=O)[O-])cc2)CC1. The van der Waals surface area contributed by atoms with Gasteiger partial charge in [0.1, 0.15) is 0 Å². The predicted octanol–water partition coefficient (Wildman–Crippen LogP) is 2.56. The average molecular weight is 277 g/mol. The highest BCUT2D eigenvalue weighted by Gasteiger charge is 2.17. The summed E-state index contributed by atoms with van der Waals surface area (Å²) < 4.78 is 0. The third-order valence-corrected chi connectivity index (χ3v) is 3.87. The Bertz CT molecular complexity index is 425. The summed E-state index contributed by atoms with van der Waals surface area (Å²) in [6.07, 6.45) is 3.60. The Labute approximate surface area is 120 Å². The van der Waals surface area contributed by atoms with Gasteiger partial charge in [-0.15, -0.1) is 0 Å². The van der Waals surface area contributed by atoms with Crippen molar-refractivity contribution in [1.82, 2.24) is 10.2 Å². The van der Waals surface area contributed by atoms with Gasteiger partial charge in [0, 0.05) is 24.7 Å². The van der Waals surface area contributed by atoms with Crippen LogP contribution in [0.25, 0.3) is 0 Å². The fourth-order valence-electron chi connectivity index (χ4n) is 2.67. The first kappa shape index (κ1) is 14.9. The summed E-state index contributed by atoms with van der Waals surface area (Å²) in [5.41, 5.74) is 1.26. The number of hydrogen-bond acceptors (Lipinski definition) is 4. The van der Waals surface area contributed by atoms with Gasteiger partial charge in [-0.25, -0.2) is 0 Å². The van der Waals surface area contributed by atoms with Crippen LogP contribution >= 0.6 is 0 Å². The third-order valence-electron chi connectivity index (χ3n) is 3.87. The molecule has 0 aromatic heterocycles. The fraction of sp³-hybridized carbons (Fsp3) is 0.600. The number of nitrogens with one attached hydrogen (secondary N) is 1. The van der Waals surface area contributed by atoms with Crippen LogP contribution in [0.5, 0.6) is 0 Å². The van der Waals surface area contributed by atoms with E-state index in [9.17, 15) is 10.1 Å². The number of nitrogens with zero attached hydrogens (tertiary/aromatic N) is 2. The van der Waals surface area contributed by atoms with Crippen LogP contribution in [-0.4, -0.2) is 35.5 Å². The normalized spacial score (nSPS) is 17.2. The minimum absolute atomic E-state index is 0.154. The van der Waals surface area contributed by atoms with Gasteiger partial charge in [-0.2, -0.15) is 0 Å². The van der Waals surface area contributed by atoms with E-state index in [1.165, 1.54) is 38.9 Å². The highest BCUT2D eigenvalue weighted by atomic mass is 16.6. The van der Waals surface area contributed by atoms with Crippen LogP contribution in [0.3, 0.4) is 0 Å². The van der Waals surface area contributed by atoms with Crippen molar-refractivity contribution in [2.24, 2.45) is 0 Å². The molecule has 1 N–H and O–H groups in total. The van der Waals surface area contributed by atoms with Crippen LogP contribution in [0, 0.1) is 10.1 Å². The van der Waals surface area contributed by atoms with Crippen LogP contribution in [-0.2, 0) is 6.54 Å². The Morgan fingerprint density at radius 3 is 2.50 bits per heavy atom. The number of benzene rings is 1. The summed E-state index contributed by atoms with van der Waals surface area (Å²) >= 11 is 0. The highest BCUT2D eigenvalue weighted by Crippen LogP contribution is 2.14.